The summed E-state index contributed by atoms with van der Waals surface area (Å²) < 4.78 is 0. The molecule has 4 nitrogen and oxygen atoms in total. The summed E-state index contributed by atoms with van der Waals surface area (Å²) in [6, 6.07) is 0.825. The van der Waals surface area contributed by atoms with Crippen LogP contribution in [0.1, 0.15) is 71.1 Å². The summed E-state index contributed by atoms with van der Waals surface area (Å²) in [5.74, 6) is 2.38. The summed E-state index contributed by atoms with van der Waals surface area (Å²) in [4.78, 5) is 29.5. The first-order valence-corrected chi connectivity index (χ1v) is 10.2. The van der Waals surface area contributed by atoms with Crippen molar-refractivity contribution >= 4 is 11.8 Å². The van der Waals surface area contributed by atoms with Gasteiger partial charge in [-0.2, -0.15) is 0 Å². The molecule has 1 heterocycles. The standard InChI is InChI=1S/C20H32N2O2/c1-14(23)22(17-4-2-5-17)18-6-3-12-21(13-11-18)20(24)19(15-7-8-15)16-9-10-16/h15-19H,2-13H2,1H3. The number of rotatable bonds is 5. The Balaban J connectivity index is 1.38. The van der Waals surface area contributed by atoms with Crippen molar-refractivity contribution < 1.29 is 9.59 Å². The number of hydrogen-bond donors (Lipinski definition) is 0. The van der Waals surface area contributed by atoms with E-state index in [4.69, 9.17) is 0 Å². The Labute approximate surface area is 145 Å². The van der Waals surface area contributed by atoms with Crippen LogP contribution in [0.5, 0.6) is 0 Å². The van der Waals surface area contributed by atoms with Gasteiger partial charge in [0.15, 0.2) is 0 Å². The molecule has 134 valence electrons. The van der Waals surface area contributed by atoms with E-state index < -0.39 is 0 Å². The van der Waals surface area contributed by atoms with Crippen LogP contribution in [-0.2, 0) is 9.59 Å². The summed E-state index contributed by atoms with van der Waals surface area (Å²) in [7, 11) is 0. The van der Waals surface area contributed by atoms with Gasteiger partial charge in [-0.05, 0) is 76.0 Å². The minimum absolute atomic E-state index is 0.235. The van der Waals surface area contributed by atoms with Gasteiger partial charge in [0.2, 0.25) is 11.8 Å². The van der Waals surface area contributed by atoms with Crippen LogP contribution in [0, 0.1) is 17.8 Å². The summed E-state index contributed by atoms with van der Waals surface area (Å²) in [6.45, 7) is 3.49. The molecule has 0 aromatic carbocycles. The van der Waals surface area contributed by atoms with Crippen LogP contribution in [-0.4, -0.2) is 46.8 Å². The number of nitrogens with zero attached hydrogens (tertiary/aromatic N) is 2. The molecule has 3 saturated carbocycles. The molecule has 0 N–H and O–H groups in total. The molecule has 4 fully saturated rings. The lowest BCUT2D eigenvalue weighted by molar-refractivity contribution is -0.137. The van der Waals surface area contributed by atoms with Crippen molar-refractivity contribution in [2.75, 3.05) is 13.1 Å². The molecule has 2 amide bonds. The zero-order chi connectivity index (χ0) is 16.7. The lowest BCUT2D eigenvalue weighted by Gasteiger charge is -2.42. The Hall–Kier alpha value is -1.06. The van der Waals surface area contributed by atoms with Gasteiger partial charge in [-0.15, -0.1) is 0 Å². The van der Waals surface area contributed by atoms with Gasteiger partial charge in [0.1, 0.15) is 0 Å². The normalized spacial score (nSPS) is 28.4. The van der Waals surface area contributed by atoms with E-state index in [-0.39, 0.29) is 5.91 Å². The van der Waals surface area contributed by atoms with Gasteiger partial charge in [0.25, 0.3) is 0 Å². The minimum atomic E-state index is 0.235. The topological polar surface area (TPSA) is 40.6 Å². The summed E-state index contributed by atoms with van der Waals surface area (Å²) in [5.41, 5.74) is 0. The van der Waals surface area contributed by atoms with Gasteiger partial charge in [-0.25, -0.2) is 0 Å². The number of likely N-dealkylation sites (tertiary alicyclic amines) is 1. The molecule has 24 heavy (non-hydrogen) atoms. The van der Waals surface area contributed by atoms with Crippen molar-refractivity contribution in [2.24, 2.45) is 17.8 Å². The van der Waals surface area contributed by atoms with Crippen LogP contribution in [0.25, 0.3) is 0 Å². The fraction of sp³-hybridized carbons (Fsp3) is 0.900. The summed E-state index contributed by atoms with van der Waals surface area (Å²) in [6.07, 6.45) is 11.8. The molecule has 3 aliphatic carbocycles. The van der Waals surface area contributed by atoms with Crippen LogP contribution in [0.3, 0.4) is 0 Å². The van der Waals surface area contributed by atoms with E-state index >= 15 is 0 Å². The monoisotopic (exact) mass is 332 g/mol. The predicted molar refractivity (Wildman–Crippen MR) is 93.3 cm³/mol. The van der Waals surface area contributed by atoms with Crippen LogP contribution < -0.4 is 0 Å². The molecule has 1 unspecified atom stereocenters. The lowest BCUT2D eigenvalue weighted by atomic mass is 9.89. The number of carbonyl (C=O) groups is 2. The second-order valence-corrected chi connectivity index (χ2v) is 8.62. The largest absolute Gasteiger partial charge is 0.342 e. The Kier molecular flexibility index (Phi) is 4.57. The lowest BCUT2D eigenvalue weighted by Crippen LogP contribution is -2.49. The average molecular weight is 332 g/mol. The zero-order valence-corrected chi connectivity index (χ0v) is 15.1. The maximum atomic E-state index is 13.1. The Bertz CT molecular complexity index is 482. The first-order chi connectivity index (χ1) is 11.6. The highest BCUT2D eigenvalue weighted by Gasteiger charge is 2.47. The number of carbonyl (C=O) groups excluding carboxylic acids is 2. The maximum absolute atomic E-state index is 13.1. The molecule has 4 aliphatic rings. The fourth-order valence-corrected chi connectivity index (χ4v) is 4.96. The third-order valence-corrected chi connectivity index (χ3v) is 6.78. The predicted octanol–water partition coefficient (Wildman–Crippen LogP) is 3.20. The van der Waals surface area contributed by atoms with Gasteiger partial charge in [0.05, 0.1) is 0 Å². The maximum Gasteiger partial charge on any atom is 0.226 e. The molecule has 4 rings (SSSR count). The SMILES string of the molecule is CC(=O)N(C1CCC1)C1CCCN(C(=O)C(C2CC2)C2CC2)CC1. The van der Waals surface area contributed by atoms with E-state index in [2.05, 4.69) is 9.80 Å². The Morgan fingerprint density at radius 3 is 1.92 bits per heavy atom. The van der Waals surface area contributed by atoms with Crippen LogP contribution in [0.4, 0.5) is 0 Å². The highest BCUT2D eigenvalue weighted by Crippen LogP contribution is 2.50. The van der Waals surface area contributed by atoms with E-state index in [1.54, 1.807) is 6.92 Å². The zero-order valence-electron chi connectivity index (χ0n) is 15.1. The van der Waals surface area contributed by atoms with Crippen LogP contribution in [0.15, 0.2) is 0 Å². The van der Waals surface area contributed by atoms with Crippen molar-refractivity contribution in [3.8, 4) is 0 Å². The fourth-order valence-electron chi connectivity index (χ4n) is 4.96. The number of hydrogen-bond acceptors (Lipinski definition) is 2. The smallest absolute Gasteiger partial charge is 0.226 e. The Morgan fingerprint density at radius 1 is 0.833 bits per heavy atom. The quantitative estimate of drug-likeness (QED) is 0.776. The van der Waals surface area contributed by atoms with Gasteiger partial charge in [-0.1, -0.05) is 0 Å². The molecule has 1 aliphatic heterocycles. The molecule has 1 atom stereocenters. The van der Waals surface area contributed by atoms with Crippen molar-refractivity contribution in [1.29, 1.82) is 0 Å². The molecule has 1 saturated heterocycles. The molecule has 0 spiro atoms. The highest BCUT2D eigenvalue weighted by molar-refractivity contribution is 5.80. The highest BCUT2D eigenvalue weighted by atomic mass is 16.2. The molecule has 0 aromatic rings. The van der Waals surface area contributed by atoms with E-state index in [0.717, 1.165) is 32.4 Å². The first kappa shape index (κ1) is 16.4. The third-order valence-electron chi connectivity index (χ3n) is 6.78. The van der Waals surface area contributed by atoms with Gasteiger partial charge >= 0.3 is 0 Å². The van der Waals surface area contributed by atoms with E-state index in [9.17, 15) is 9.59 Å². The van der Waals surface area contributed by atoms with E-state index in [1.165, 1.54) is 44.9 Å². The van der Waals surface area contributed by atoms with Crippen molar-refractivity contribution in [3.05, 3.63) is 0 Å². The van der Waals surface area contributed by atoms with Gasteiger partial charge < -0.3 is 9.80 Å². The molecular formula is C20H32N2O2. The van der Waals surface area contributed by atoms with Crippen molar-refractivity contribution in [3.63, 3.8) is 0 Å². The summed E-state index contributed by atoms with van der Waals surface area (Å²) >= 11 is 0. The van der Waals surface area contributed by atoms with Gasteiger partial charge in [-0.3, -0.25) is 9.59 Å². The Morgan fingerprint density at radius 2 is 1.42 bits per heavy atom. The van der Waals surface area contributed by atoms with E-state index in [0.29, 0.717) is 35.7 Å². The second-order valence-electron chi connectivity index (χ2n) is 8.62. The third kappa shape index (κ3) is 3.34. The van der Waals surface area contributed by atoms with Crippen LogP contribution in [0.2, 0.25) is 0 Å². The molecule has 0 aromatic heterocycles. The minimum Gasteiger partial charge on any atom is -0.342 e. The van der Waals surface area contributed by atoms with Gasteiger partial charge in [0, 0.05) is 38.0 Å². The molecule has 4 heteroatoms. The summed E-state index contributed by atoms with van der Waals surface area (Å²) in [5, 5.41) is 0. The molecular weight excluding hydrogens is 300 g/mol. The number of amides is 2. The molecule has 0 radical (unpaired) electrons. The van der Waals surface area contributed by atoms with Crippen LogP contribution >= 0.6 is 0 Å². The van der Waals surface area contributed by atoms with Crippen molar-refractivity contribution in [2.45, 2.75) is 83.2 Å². The first-order valence-electron chi connectivity index (χ1n) is 10.2. The molecule has 0 bridgehead atoms. The van der Waals surface area contributed by atoms with E-state index in [1.807, 2.05) is 0 Å². The second kappa shape index (κ2) is 6.68. The van der Waals surface area contributed by atoms with Crippen molar-refractivity contribution in [1.82, 2.24) is 9.80 Å². The average Bonchev–Trinajstić information content (AvgIpc) is 3.37.